The van der Waals surface area contributed by atoms with Crippen LogP contribution in [0.2, 0.25) is 0 Å². The molecule has 0 amide bonds. The minimum atomic E-state index is -1.27. The van der Waals surface area contributed by atoms with E-state index >= 15 is 0 Å². The molecule has 0 aliphatic rings. The van der Waals surface area contributed by atoms with E-state index in [1.807, 2.05) is 13.0 Å². The van der Waals surface area contributed by atoms with Gasteiger partial charge < -0.3 is 5.11 Å². The lowest BCUT2D eigenvalue weighted by molar-refractivity contribution is 0.0683. The summed E-state index contributed by atoms with van der Waals surface area (Å²) in [5.41, 5.74) is 0.259. The number of hydrogen-bond acceptors (Lipinski definition) is 4. The van der Waals surface area contributed by atoms with E-state index < -0.39 is 11.8 Å². The Balaban J connectivity index is 2.56. The largest absolute Gasteiger partial charge is 0.475 e. The van der Waals surface area contributed by atoms with Crippen LogP contribution in [0.5, 0.6) is 0 Å². The molecule has 20 heavy (non-hydrogen) atoms. The normalized spacial score (nSPS) is 10.2. The monoisotopic (exact) mass is 274 g/mol. The van der Waals surface area contributed by atoms with Crippen LogP contribution in [0.15, 0.2) is 18.2 Å². The predicted octanol–water partition coefficient (Wildman–Crippen LogP) is 1.93. The average molecular weight is 274 g/mol. The van der Waals surface area contributed by atoms with Crippen LogP contribution in [0.1, 0.15) is 35.4 Å². The van der Waals surface area contributed by atoms with Crippen LogP contribution < -0.4 is 0 Å². The lowest BCUT2D eigenvalue weighted by atomic mass is 10.2. The fourth-order valence-corrected chi connectivity index (χ4v) is 1.76. The molecule has 0 aliphatic carbocycles. The first-order valence-electron chi connectivity index (χ1n) is 5.96. The SMILES string of the molecule is CCCc1nc(C(=O)O)nn1-c1ccc(C#N)cc1F. The number of carboxylic acid groups (broad SMARTS) is 1. The van der Waals surface area contributed by atoms with Crippen LogP contribution in [-0.4, -0.2) is 25.8 Å². The maximum Gasteiger partial charge on any atom is 0.375 e. The van der Waals surface area contributed by atoms with Gasteiger partial charge in [0.1, 0.15) is 17.3 Å². The van der Waals surface area contributed by atoms with Crippen molar-refractivity contribution in [3.63, 3.8) is 0 Å². The Morgan fingerprint density at radius 2 is 2.30 bits per heavy atom. The number of halogens is 1. The van der Waals surface area contributed by atoms with E-state index in [4.69, 9.17) is 10.4 Å². The highest BCUT2D eigenvalue weighted by Crippen LogP contribution is 2.17. The van der Waals surface area contributed by atoms with Crippen molar-refractivity contribution in [1.29, 1.82) is 5.26 Å². The Morgan fingerprint density at radius 3 is 2.85 bits per heavy atom. The van der Waals surface area contributed by atoms with Gasteiger partial charge in [-0.25, -0.2) is 18.9 Å². The van der Waals surface area contributed by atoms with Crippen molar-refractivity contribution in [3.05, 3.63) is 41.2 Å². The van der Waals surface area contributed by atoms with E-state index in [2.05, 4.69) is 10.1 Å². The van der Waals surface area contributed by atoms with Gasteiger partial charge in [0.25, 0.3) is 5.82 Å². The highest BCUT2D eigenvalue weighted by atomic mass is 19.1. The van der Waals surface area contributed by atoms with Gasteiger partial charge in [-0.3, -0.25) is 0 Å². The smallest absolute Gasteiger partial charge is 0.375 e. The molecule has 0 atom stereocenters. The second kappa shape index (κ2) is 5.48. The Morgan fingerprint density at radius 1 is 1.55 bits per heavy atom. The van der Waals surface area contributed by atoms with Gasteiger partial charge in [0.15, 0.2) is 0 Å². The maximum atomic E-state index is 14.0. The average Bonchev–Trinajstić information content (AvgIpc) is 2.83. The molecule has 7 heteroatoms. The maximum absolute atomic E-state index is 14.0. The summed E-state index contributed by atoms with van der Waals surface area (Å²) in [5, 5.41) is 21.4. The van der Waals surface area contributed by atoms with E-state index in [1.165, 1.54) is 16.8 Å². The van der Waals surface area contributed by atoms with E-state index in [1.54, 1.807) is 0 Å². The van der Waals surface area contributed by atoms with Crippen molar-refractivity contribution in [1.82, 2.24) is 14.8 Å². The summed E-state index contributed by atoms with van der Waals surface area (Å²) in [4.78, 5) is 14.8. The second-order valence-electron chi connectivity index (χ2n) is 4.10. The molecule has 0 unspecified atom stereocenters. The Kier molecular flexibility index (Phi) is 3.75. The first-order chi connectivity index (χ1) is 9.56. The molecule has 102 valence electrons. The van der Waals surface area contributed by atoms with Crippen molar-refractivity contribution >= 4 is 5.97 Å². The standard InChI is InChI=1S/C13H11FN4O2/c1-2-3-11-16-12(13(19)20)17-18(11)10-5-4-8(7-15)6-9(10)14/h4-6H,2-3H2,1H3,(H,19,20). The molecule has 0 spiro atoms. The van der Waals surface area contributed by atoms with Crippen molar-refractivity contribution in [2.75, 3.05) is 0 Å². The lowest BCUT2D eigenvalue weighted by Gasteiger charge is -2.06. The number of aromatic nitrogens is 3. The van der Waals surface area contributed by atoms with Gasteiger partial charge in [-0.1, -0.05) is 6.92 Å². The number of carboxylic acids is 1. The Hall–Kier alpha value is -2.75. The molecule has 6 nitrogen and oxygen atoms in total. The second-order valence-corrected chi connectivity index (χ2v) is 4.10. The highest BCUT2D eigenvalue weighted by molar-refractivity contribution is 5.83. The molecular weight excluding hydrogens is 263 g/mol. The topological polar surface area (TPSA) is 91.8 Å². The molecule has 1 aromatic carbocycles. The van der Waals surface area contributed by atoms with Gasteiger partial charge in [0, 0.05) is 6.42 Å². The molecule has 0 aliphatic heterocycles. The molecule has 0 bridgehead atoms. The third-order valence-corrected chi connectivity index (χ3v) is 2.64. The zero-order valence-electron chi connectivity index (χ0n) is 10.7. The molecule has 0 radical (unpaired) electrons. The first-order valence-corrected chi connectivity index (χ1v) is 5.96. The third kappa shape index (κ3) is 2.49. The van der Waals surface area contributed by atoms with Gasteiger partial charge in [0.05, 0.1) is 11.6 Å². The van der Waals surface area contributed by atoms with Gasteiger partial charge >= 0.3 is 5.97 Å². The molecule has 0 saturated carbocycles. The van der Waals surface area contributed by atoms with Crippen LogP contribution in [0, 0.1) is 17.1 Å². The lowest BCUT2D eigenvalue weighted by Crippen LogP contribution is -2.06. The molecule has 0 saturated heterocycles. The number of nitriles is 1. The van der Waals surface area contributed by atoms with Crippen molar-refractivity contribution in [3.8, 4) is 11.8 Å². The van der Waals surface area contributed by atoms with E-state index in [-0.39, 0.29) is 17.1 Å². The number of carbonyl (C=O) groups is 1. The Labute approximate surface area is 114 Å². The van der Waals surface area contributed by atoms with E-state index in [0.29, 0.717) is 12.2 Å². The van der Waals surface area contributed by atoms with Gasteiger partial charge in [-0.05, 0) is 24.6 Å². The number of hydrogen-bond donors (Lipinski definition) is 1. The zero-order chi connectivity index (χ0) is 14.7. The summed E-state index contributed by atoms with van der Waals surface area (Å²) in [7, 11) is 0. The van der Waals surface area contributed by atoms with Gasteiger partial charge in [-0.2, -0.15) is 5.26 Å². The molecule has 2 aromatic rings. The van der Waals surface area contributed by atoms with E-state index in [0.717, 1.165) is 12.5 Å². The fourth-order valence-electron chi connectivity index (χ4n) is 1.76. The summed E-state index contributed by atoms with van der Waals surface area (Å²) in [5.74, 6) is -1.93. The minimum Gasteiger partial charge on any atom is -0.475 e. The predicted molar refractivity (Wildman–Crippen MR) is 67.0 cm³/mol. The number of aryl methyl sites for hydroxylation is 1. The van der Waals surface area contributed by atoms with Crippen LogP contribution in [0.25, 0.3) is 5.69 Å². The molecule has 0 fully saturated rings. The van der Waals surface area contributed by atoms with Gasteiger partial charge in [-0.15, -0.1) is 5.10 Å². The number of rotatable bonds is 4. The minimum absolute atomic E-state index is 0.0763. The summed E-state index contributed by atoms with van der Waals surface area (Å²) >= 11 is 0. The number of aromatic carboxylic acids is 1. The Bertz CT molecular complexity index is 703. The van der Waals surface area contributed by atoms with Crippen LogP contribution in [-0.2, 0) is 6.42 Å². The molecule has 2 rings (SSSR count). The molecule has 1 aromatic heterocycles. The molecule has 1 heterocycles. The van der Waals surface area contributed by atoms with Crippen molar-refractivity contribution in [2.45, 2.75) is 19.8 Å². The summed E-state index contributed by atoms with van der Waals surface area (Å²) in [6.07, 6.45) is 1.19. The van der Waals surface area contributed by atoms with Gasteiger partial charge in [0.2, 0.25) is 0 Å². The fraction of sp³-hybridized carbons (Fsp3) is 0.231. The van der Waals surface area contributed by atoms with Crippen LogP contribution in [0.3, 0.4) is 0 Å². The van der Waals surface area contributed by atoms with E-state index in [9.17, 15) is 9.18 Å². The summed E-state index contributed by atoms with van der Waals surface area (Å²) in [6.45, 7) is 1.90. The first kappa shape index (κ1) is 13.7. The highest BCUT2D eigenvalue weighted by Gasteiger charge is 2.18. The third-order valence-electron chi connectivity index (χ3n) is 2.64. The van der Waals surface area contributed by atoms with Crippen LogP contribution >= 0.6 is 0 Å². The van der Waals surface area contributed by atoms with Crippen molar-refractivity contribution < 1.29 is 14.3 Å². The summed E-state index contributed by atoms with van der Waals surface area (Å²) < 4.78 is 15.1. The quantitative estimate of drug-likeness (QED) is 0.919. The van der Waals surface area contributed by atoms with Crippen LogP contribution in [0.4, 0.5) is 4.39 Å². The number of benzene rings is 1. The number of nitrogens with zero attached hydrogens (tertiary/aromatic N) is 4. The molecule has 1 N–H and O–H groups in total. The summed E-state index contributed by atoms with van der Waals surface area (Å²) in [6, 6.07) is 5.73. The molecular formula is C13H11FN4O2. The zero-order valence-corrected chi connectivity index (χ0v) is 10.7. The van der Waals surface area contributed by atoms with Crippen molar-refractivity contribution in [2.24, 2.45) is 0 Å².